The van der Waals surface area contributed by atoms with Crippen LogP contribution in [0.2, 0.25) is 0 Å². The van der Waals surface area contributed by atoms with E-state index >= 15 is 0 Å². The van der Waals surface area contributed by atoms with Crippen LogP contribution in [0.25, 0.3) is 0 Å². The SMILES string of the molecule is CC(C)N(CCO)C(=O)[C@@H](N)C(C)(C)C. The number of amides is 1. The van der Waals surface area contributed by atoms with Crippen molar-refractivity contribution in [1.82, 2.24) is 4.90 Å². The first-order valence-corrected chi connectivity index (χ1v) is 5.38. The van der Waals surface area contributed by atoms with Gasteiger partial charge < -0.3 is 15.7 Å². The van der Waals surface area contributed by atoms with E-state index in [4.69, 9.17) is 10.8 Å². The maximum Gasteiger partial charge on any atom is 0.240 e. The second-order valence-electron chi connectivity index (χ2n) is 5.19. The highest BCUT2D eigenvalue weighted by Gasteiger charge is 2.31. The summed E-state index contributed by atoms with van der Waals surface area (Å²) in [6, 6.07) is -0.454. The summed E-state index contributed by atoms with van der Waals surface area (Å²) in [6.07, 6.45) is 0. The lowest BCUT2D eigenvalue weighted by atomic mass is 9.86. The number of nitrogens with two attached hydrogens (primary N) is 1. The van der Waals surface area contributed by atoms with E-state index in [1.807, 2.05) is 34.6 Å². The molecule has 0 aromatic carbocycles. The molecule has 0 rings (SSSR count). The standard InChI is InChI=1S/C11H24N2O2/c1-8(2)13(6-7-14)10(15)9(12)11(3,4)5/h8-9,14H,6-7,12H2,1-5H3/t9-/m1/s1. The Balaban J connectivity index is 4.64. The van der Waals surface area contributed by atoms with E-state index in [0.717, 1.165) is 0 Å². The van der Waals surface area contributed by atoms with Gasteiger partial charge in [0.15, 0.2) is 0 Å². The molecule has 0 radical (unpaired) electrons. The van der Waals surface area contributed by atoms with Crippen molar-refractivity contribution in [2.75, 3.05) is 13.2 Å². The van der Waals surface area contributed by atoms with Gasteiger partial charge in [-0.15, -0.1) is 0 Å². The van der Waals surface area contributed by atoms with Crippen LogP contribution in [0, 0.1) is 5.41 Å². The zero-order valence-corrected chi connectivity index (χ0v) is 10.4. The second-order valence-corrected chi connectivity index (χ2v) is 5.19. The fraction of sp³-hybridized carbons (Fsp3) is 0.909. The van der Waals surface area contributed by atoms with Crippen LogP contribution >= 0.6 is 0 Å². The molecule has 0 saturated carbocycles. The summed E-state index contributed by atoms with van der Waals surface area (Å²) < 4.78 is 0. The predicted octanol–water partition coefficient (Wildman–Crippen LogP) is 0.589. The van der Waals surface area contributed by atoms with Crippen LogP contribution in [-0.4, -0.2) is 41.1 Å². The minimum atomic E-state index is -0.522. The highest BCUT2D eigenvalue weighted by atomic mass is 16.3. The second kappa shape index (κ2) is 5.47. The molecule has 0 aromatic rings. The first-order chi connectivity index (χ1) is 6.71. The smallest absolute Gasteiger partial charge is 0.240 e. The zero-order valence-electron chi connectivity index (χ0n) is 10.4. The average Bonchev–Trinajstić information content (AvgIpc) is 2.09. The zero-order chi connectivity index (χ0) is 12.2. The molecule has 0 aliphatic heterocycles. The molecule has 0 aliphatic carbocycles. The molecular formula is C11H24N2O2. The largest absolute Gasteiger partial charge is 0.395 e. The van der Waals surface area contributed by atoms with Crippen molar-refractivity contribution >= 4 is 5.91 Å². The van der Waals surface area contributed by atoms with Gasteiger partial charge in [0, 0.05) is 12.6 Å². The molecule has 0 spiro atoms. The first kappa shape index (κ1) is 14.4. The summed E-state index contributed by atoms with van der Waals surface area (Å²) >= 11 is 0. The van der Waals surface area contributed by atoms with Gasteiger partial charge in [0.1, 0.15) is 0 Å². The van der Waals surface area contributed by atoms with Gasteiger partial charge in [-0.3, -0.25) is 4.79 Å². The van der Waals surface area contributed by atoms with E-state index in [1.165, 1.54) is 0 Å². The predicted molar refractivity (Wildman–Crippen MR) is 61.4 cm³/mol. The fourth-order valence-electron chi connectivity index (χ4n) is 1.28. The molecule has 0 saturated heterocycles. The van der Waals surface area contributed by atoms with E-state index in [9.17, 15) is 4.79 Å². The van der Waals surface area contributed by atoms with Gasteiger partial charge in [-0.1, -0.05) is 20.8 Å². The summed E-state index contributed by atoms with van der Waals surface area (Å²) in [5, 5.41) is 8.88. The topological polar surface area (TPSA) is 66.6 Å². The Morgan fingerprint density at radius 3 is 2.13 bits per heavy atom. The average molecular weight is 216 g/mol. The van der Waals surface area contributed by atoms with Crippen LogP contribution < -0.4 is 5.73 Å². The van der Waals surface area contributed by atoms with Crippen molar-refractivity contribution in [2.45, 2.75) is 46.7 Å². The van der Waals surface area contributed by atoms with Crippen molar-refractivity contribution in [1.29, 1.82) is 0 Å². The highest BCUT2D eigenvalue weighted by molar-refractivity contribution is 5.82. The van der Waals surface area contributed by atoms with Gasteiger partial charge in [-0.2, -0.15) is 0 Å². The molecule has 0 bridgehead atoms. The van der Waals surface area contributed by atoms with Crippen LogP contribution in [0.3, 0.4) is 0 Å². The lowest BCUT2D eigenvalue weighted by Crippen LogP contribution is -2.53. The van der Waals surface area contributed by atoms with E-state index in [0.29, 0.717) is 6.54 Å². The Kier molecular flexibility index (Phi) is 5.24. The van der Waals surface area contributed by atoms with Crippen LogP contribution in [0.15, 0.2) is 0 Å². The third-order valence-electron chi connectivity index (χ3n) is 2.45. The maximum absolute atomic E-state index is 12.0. The van der Waals surface area contributed by atoms with Crippen molar-refractivity contribution < 1.29 is 9.90 Å². The van der Waals surface area contributed by atoms with Crippen LogP contribution in [0.5, 0.6) is 0 Å². The molecule has 3 N–H and O–H groups in total. The van der Waals surface area contributed by atoms with E-state index in [-0.39, 0.29) is 24.0 Å². The molecule has 4 nitrogen and oxygen atoms in total. The molecule has 0 aromatic heterocycles. The minimum Gasteiger partial charge on any atom is -0.395 e. The quantitative estimate of drug-likeness (QED) is 0.722. The highest BCUT2D eigenvalue weighted by Crippen LogP contribution is 2.19. The van der Waals surface area contributed by atoms with E-state index < -0.39 is 6.04 Å². The molecule has 0 unspecified atom stereocenters. The van der Waals surface area contributed by atoms with Crippen molar-refractivity contribution in [3.8, 4) is 0 Å². The fourth-order valence-corrected chi connectivity index (χ4v) is 1.28. The molecule has 1 amide bonds. The molecule has 0 fully saturated rings. The van der Waals surface area contributed by atoms with Crippen LogP contribution in [0.1, 0.15) is 34.6 Å². The molecule has 1 atom stereocenters. The monoisotopic (exact) mass is 216 g/mol. The molecule has 15 heavy (non-hydrogen) atoms. The number of carbonyl (C=O) groups excluding carboxylic acids is 1. The summed E-state index contributed by atoms with van der Waals surface area (Å²) in [6.45, 7) is 9.97. The number of aliphatic hydroxyl groups is 1. The Morgan fingerprint density at radius 2 is 1.87 bits per heavy atom. The maximum atomic E-state index is 12.0. The molecule has 0 aliphatic rings. The molecular weight excluding hydrogens is 192 g/mol. The van der Waals surface area contributed by atoms with Gasteiger partial charge in [0.05, 0.1) is 12.6 Å². The summed E-state index contributed by atoms with van der Waals surface area (Å²) in [7, 11) is 0. The van der Waals surface area contributed by atoms with Gasteiger partial charge in [0.2, 0.25) is 5.91 Å². The number of nitrogens with zero attached hydrogens (tertiary/aromatic N) is 1. The summed E-state index contributed by atoms with van der Waals surface area (Å²) in [5.74, 6) is -0.0912. The third-order valence-corrected chi connectivity index (χ3v) is 2.45. The Bertz CT molecular complexity index is 209. The van der Waals surface area contributed by atoms with E-state index in [1.54, 1.807) is 4.90 Å². The molecule has 0 heterocycles. The number of aliphatic hydroxyl groups excluding tert-OH is 1. The molecule has 90 valence electrons. The molecule has 4 heteroatoms. The van der Waals surface area contributed by atoms with Crippen LogP contribution in [-0.2, 0) is 4.79 Å². The normalized spacial score (nSPS) is 14.1. The number of hydrogen-bond donors (Lipinski definition) is 2. The Labute approximate surface area is 92.4 Å². The lowest BCUT2D eigenvalue weighted by molar-refractivity contribution is -0.137. The Hall–Kier alpha value is -0.610. The van der Waals surface area contributed by atoms with E-state index in [2.05, 4.69) is 0 Å². The summed E-state index contributed by atoms with van der Waals surface area (Å²) in [4.78, 5) is 13.6. The first-order valence-electron chi connectivity index (χ1n) is 5.38. The summed E-state index contributed by atoms with van der Waals surface area (Å²) in [5.41, 5.74) is 5.64. The van der Waals surface area contributed by atoms with Gasteiger partial charge in [-0.25, -0.2) is 0 Å². The number of hydrogen-bond acceptors (Lipinski definition) is 3. The van der Waals surface area contributed by atoms with Gasteiger partial charge >= 0.3 is 0 Å². The third kappa shape index (κ3) is 4.18. The van der Waals surface area contributed by atoms with Crippen molar-refractivity contribution in [3.63, 3.8) is 0 Å². The van der Waals surface area contributed by atoms with Crippen LogP contribution in [0.4, 0.5) is 0 Å². The van der Waals surface area contributed by atoms with Crippen molar-refractivity contribution in [3.05, 3.63) is 0 Å². The minimum absolute atomic E-state index is 0.0270. The number of rotatable bonds is 4. The van der Waals surface area contributed by atoms with Gasteiger partial charge in [0.25, 0.3) is 0 Å². The van der Waals surface area contributed by atoms with Crippen molar-refractivity contribution in [2.24, 2.45) is 11.1 Å². The van der Waals surface area contributed by atoms with Gasteiger partial charge in [-0.05, 0) is 19.3 Å². The number of carbonyl (C=O) groups is 1. The Morgan fingerprint density at radius 1 is 1.40 bits per heavy atom. The lowest BCUT2D eigenvalue weighted by Gasteiger charge is -2.34.